The van der Waals surface area contributed by atoms with Gasteiger partial charge in [-0.1, -0.05) is 0 Å². The maximum Gasteiger partial charge on any atom is 0.335 e. The van der Waals surface area contributed by atoms with Crippen molar-refractivity contribution in [1.29, 1.82) is 0 Å². The van der Waals surface area contributed by atoms with E-state index in [1.165, 1.54) is 24.3 Å². The van der Waals surface area contributed by atoms with E-state index in [0.29, 0.717) is 4.57 Å². The Bertz CT molecular complexity index is 1150. The van der Waals surface area contributed by atoms with E-state index in [-0.39, 0.29) is 16.0 Å². The van der Waals surface area contributed by atoms with E-state index in [0.717, 1.165) is 12.5 Å². The Morgan fingerprint density at radius 3 is 2.31 bits per heavy atom. The molecule has 1 fully saturated rings. The maximum atomic E-state index is 12.7. The molecule has 1 aromatic carbocycles. The summed E-state index contributed by atoms with van der Waals surface area (Å²) in [7, 11) is -3.48. The molecule has 4 N–H and O–H groups in total. The molecular formula is C17H18N2O9S. The van der Waals surface area contributed by atoms with Crippen LogP contribution in [0.4, 0.5) is 0 Å². The number of nitrogens with one attached hydrogen (secondary N) is 1. The van der Waals surface area contributed by atoms with Gasteiger partial charge in [-0.3, -0.25) is 14.6 Å². The van der Waals surface area contributed by atoms with E-state index >= 15 is 0 Å². The quantitative estimate of drug-likeness (QED) is 0.422. The minimum Gasteiger partial charge on any atom is -0.394 e. The number of aliphatic hydroxyl groups excluding tert-OH is 3. The van der Waals surface area contributed by atoms with Crippen molar-refractivity contribution in [1.82, 2.24) is 9.55 Å². The second kappa shape index (κ2) is 7.65. The van der Waals surface area contributed by atoms with Crippen molar-refractivity contribution in [2.24, 2.45) is 0 Å². The van der Waals surface area contributed by atoms with E-state index in [4.69, 9.17) is 9.84 Å². The number of carbonyl (C=O) groups excluding carboxylic acids is 1. The molecule has 12 heteroatoms. The molecule has 0 saturated carbocycles. The number of hydrogen-bond donors (Lipinski definition) is 4. The summed E-state index contributed by atoms with van der Waals surface area (Å²) in [4.78, 5) is 38.9. The minimum atomic E-state index is -3.48. The largest absolute Gasteiger partial charge is 0.394 e. The highest BCUT2D eigenvalue weighted by Gasteiger charge is 2.44. The number of sulfone groups is 1. The zero-order valence-corrected chi connectivity index (χ0v) is 15.9. The molecule has 1 aliphatic rings. The average Bonchev–Trinajstić information content (AvgIpc) is 2.95. The third-order valence-electron chi connectivity index (χ3n) is 4.57. The van der Waals surface area contributed by atoms with Crippen LogP contribution >= 0.6 is 0 Å². The first-order valence-corrected chi connectivity index (χ1v) is 10.3. The van der Waals surface area contributed by atoms with Gasteiger partial charge in [0.25, 0.3) is 11.5 Å². The first-order chi connectivity index (χ1) is 13.5. The number of carbonyl (C=O) groups is 1. The number of benzene rings is 1. The van der Waals surface area contributed by atoms with E-state index in [2.05, 4.69) is 0 Å². The number of hydrogen-bond acceptors (Lipinski definition) is 9. The zero-order chi connectivity index (χ0) is 21.5. The van der Waals surface area contributed by atoms with E-state index < -0.39 is 58.0 Å². The molecule has 0 aliphatic carbocycles. The van der Waals surface area contributed by atoms with Gasteiger partial charge in [-0.05, 0) is 24.3 Å². The molecule has 0 unspecified atom stereocenters. The molecule has 2 aromatic rings. The molecule has 1 aliphatic heterocycles. The van der Waals surface area contributed by atoms with Crippen LogP contribution < -0.4 is 11.2 Å². The topological polar surface area (TPSA) is 176 Å². The van der Waals surface area contributed by atoms with Crippen LogP contribution in [-0.4, -0.2) is 70.4 Å². The second-order valence-corrected chi connectivity index (χ2v) is 8.59. The normalized spacial score (nSPS) is 24.6. The van der Waals surface area contributed by atoms with E-state index in [1.807, 2.05) is 4.98 Å². The van der Waals surface area contributed by atoms with Crippen LogP contribution in [0.25, 0.3) is 0 Å². The average molecular weight is 426 g/mol. The number of ether oxygens (including phenoxy) is 1. The van der Waals surface area contributed by atoms with Gasteiger partial charge in [-0.15, -0.1) is 0 Å². The smallest absolute Gasteiger partial charge is 0.335 e. The van der Waals surface area contributed by atoms with Gasteiger partial charge in [0, 0.05) is 18.0 Å². The summed E-state index contributed by atoms with van der Waals surface area (Å²) in [5.41, 5.74) is -2.31. The van der Waals surface area contributed by atoms with Crippen LogP contribution in [-0.2, 0) is 14.6 Å². The van der Waals surface area contributed by atoms with Gasteiger partial charge in [0.15, 0.2) is 9.84 Å². The molecule has 4 atom stereocenters. The summed E-state index contributed by atoms with van der Waals surface area (Å²) in [6.07, 6.45) is -3.67. The number of rotatable bonds is 4. The summed E-state index contributed by atoms with van der Waals surface area (Å²) in [5.74, 6) is -0.862. The molecule has 156 valence electrons. The third-order valence-corrected chi connectivity index (χ3v) is 5.70. The summed E-state index contributed by atoms with van der Waals surface area (Å²) >= 11 is 0. The van der Waals surface area contributed by atoms with Crippen LogP contribution in [0, 0.1) is 0 Å². The molecule has 0 amide bonds. The predicted octanol–water partition coefficient (Wildman–Crippen LogP) is -2.22. The fourth-order valence-corrected chi connectivity index (χ4v) is 3.61. The van der Waals surface area contributed by atoms with E-state index in [1.54, 1.807) is 0 Å². The highest BCUT2D eigenvalue weighted by atomic mass is 32.2. The Labute approximate surface area is 163 Å². The van der Waals surface area contributed by atoms with Gasteiger partial charge < -0.3 is 20.1 Å². The second-order valence-electron chi connectivity index (χ2n) is 6.57. The first-order valence-electron chi connectivity index (χ1n) is 8.37. The fraction of sp³-hybridized carbons (Fsp3) is 0.353. The lowest BCUT2D eigenvalue weighted by Gasteiger charge is -2.15. The Hall–Kier alpha value is -2.64. The monoisotopic (exact) mass is 426 g/mol. The lowest BCUT2D eigenvalue weighted by Crippen LogP contribution is -2.38. The summed E-state index contributed by atoms with van der Waals surface area (Å²) in [6.45, 7) is -0.613. The van der Waals surface area contributed by atoms with Gasteiger partial charge >= 0.3 is 5.69 Å². The molecule has 0 spiro atoms. The van der Waals surface area contributed by atoms with Crippen molar-refractivity contribution in [2.75, 3.05) is 12.9 Å². The van der Waals surface area contributed by atoms with Gasteiger partial charge in [0.05, 0.1) is 17.1 Å². The Kier molecular flexibility index (Phi) is 5.56. The van der Waals surface area contributed by atoms with Crippen molar-refractivity contribution < 1.29 is 33.3 Å². The molecule has 0 radical (unpaired) electrons. The summed E-state index contributed by atoms with van der Waals surface area (Å²) < 4.78 is 28.9. The van der Waals surface area contributed by atoms with Crippen LogP contribution in [0.3, 0.4) is 0 Å². The highest BCUT2D eigenvalue weighted by molar-refractivity contribution is 7.90. The van der Waals surface area contributed by atoms with Crippen molar-refractivity contribution in [3.63, 3.8) is 0 Å². The summed E-state index contributed by atoms with van der Waals surface area (Å²) in [5, 5.41) is 29.1. The lowest BCUT2D eigenvalue weighted by molar-refractivity contribution is -0.0233. The van der Waals surface area contributed by atoms with Gasteiger partial charge in [0.2, 0.25) is 0 Å². The Balaban J connectivity index is 2.01. The van der Waals surface area contributed by atoms with Crippen LogP contribution in [0.2, 0.25) is 0 Å². The predicted molar refractivity (Wildman–Crippen MR) is 97.3 cm³/mol. The fourth-order valence-electron chi connectivity index (χ4n) is 2.98. The highest BCUT2D eigenvalue weighted by Crippen LogP contribution is 2.31. The summed E-state index contributed by atoms with van der Waals surface area (Å²) in [6, 6.07) is 4.82. The van der Waals surface area contributed by atoms with Crippen molar-refractivity contribution in [2.45, 2.75) is 29.3 Å². The Morgan fingerprint density at radius 2 is 1.79 bits per heavy atom. The van der Waals surface area contributed by atoms with E-state index in [9.17, 15) is 33.0 Å². The third kappa shape index (κ3) is 3.93. The van der Waals surface area contributed by atoms with Gasteiger partial charge in [-0.25, -0.2) is 17.8 Å². The van der Waals surface area contributed by atoms with Gasteiger partial charge in [0.1, 0.15) is 24.4 Å². The SMILES string of the molecule is CS(=O)(=O)c1ccc(C(=O)n2cc([C@@H]3O[C@H](CO)[C@@H](O)[C@H]3O)c(=O)[nH]c2=O)cc1. The minimum absolute atomic E-state index is 0.0185. The number of aromatic amines is 1. The first kappa shape index (κ1) is 21.1. The number of H-pyrrole nitrogens is 1. The van der Waals surface area contributed by atoms with Crippen molar-refractivity contribution in [3.8, 4) is 0 Å². The molecule has 1 saturated heterocycles. The molecule has 3 rings (SSSR count). The molecule has 0 bridgehead atoms. The van der Waals surface area contributed by atoms with Crippen LogP contribution in [0.15, 0.2) is 44.9 Å². The van der Waals surface area contributed by atoms with Crippen LogP contribution in [0.5, 0.6) is 0 Å². The lowest BCUT2D eigenvalue weighted by atomic mass is 10.0. The Morgan fingerprint density at radius 1 is 1.17 bits per heavy atom. The maximum absolute atomic E-state index is 12.7. The zero-order valence-electron chi connectivity index (χ0n) is 15.0. The number of aliphatic hydroxyl groups is 3. The molecule has 29 heavy (non-hydrogen) atoms. The van der Waals surface area contributed by atoms with Gasteiger partial charge in [-0.2, -0.15) is 0 Å². The molecular weight excluding hydrogens is 408 g/mol. The van der Waals surface area contributed by atoms with Crippen molar-refractivity contribution in [3.05, 3.63) is 62.4 Å². The number of nitrogens with zero attached hydrogens (tertiary/aromatic N) is 1. The molecule has 2 heterocycles. The van der Waals surface area contributed by atoms with Crippen LogP contribution in [0.1, 0.15) is 22.0 Å². The van der Waals surface area contributed by atoms with Crippen molar-refractivity contribution >= 4 is 15.7 Å². The molecule has 11 nitrogen and oxygen atoms in total. The number of aromatic nitrogens is 2. The standard InChI is InChI=1S/C17H18N2O9S/c1-29(26,27)9-4-2-8(3-5-9)16(24)19-6-10(15(23)18-17(19)25)14-13(22)12(21)11(7-20)28-14/h2-6,11-14,20-22H,7H2,1H3,(H,18,23,25)/t11-,12-,13-,14+/m1/s1. The molecule has 1 aromatic heterocycles.